The molecule has 1 aliphatic heterocycles. The number of rotatable bonds is 9. The van der Waals surface area contributed by atoms with Gasteiger partial charge in [0.05, 0.1) is 12.0 Å². The Morgan fingerprint density at radius 2 is 1.76 bits per heavy atom. The van der Waals surface area contributed by atoms with Crippen molar-refractivity contribution >= 4 is 39.5 Å². The number of aliphatic hydroxyl groups is 1. The van der Waals surface area contributed by atoms with E-state index in [0.717, 1.165) is 63.9 Å². The molecule has 1 saturated heterocycles. The van der Waals surface area contributed by atoms with E-state index in [1.54, 1.807) is 6.20 Å². The summed E-state index contributed by atoms with van der Waals surface area (Å²) in [4.78, 5) is 41.4. The smallest absolute Gasteiger partial charge is 0.306 e. The van der Waals surface area contributed by atoms with Crippen molar-refractivity contribution in [3.8, 4) is 28.7 Å². The number of nitriles is 1. The van der Waals surface area contributed by atoms with Gasteiger partial charge in [-0.1, -0.05) is 24.3 Å². The summed E-state index contributed by atoms with van der Waals surface area (Å²) < 4.78 is 7.72. The van der Waals surface area contributed by atoms with E-state index in [2.05, 4.69) is 45.3 Å². The fraction of sp³-hybridized carbons (Fsp3) is 0.333. The molecular weight excluding hydrogens is 683 g/mol. The number of nitrogens with one attached hydrogen (secondary N) is 1. The summed E-state index contributed by atoms with van der Waals surface area (Å²) in [5.41, 5.74) is 7.48. The van der Waals surface area contributed by atoms with Gasteiger partial charge in [0, 0.05) is 61.4 Å². The summed E-state index contributed by atoms with van der Waals surface area (Å²) in [5.74, 6) is -0.0579. The number of oxazole rings is 1. The number of carbonyl (C=O) groups is 1. The Labute approximate surface area is 311 Å². The van der Waals surface area contributed by atoms with Crippen molar-refractivity contribution in [2.24, 2.45) is 11.8 Å². The summed E-state index contributed by atoms with van der Waals surface area (Å²) >= 11 is 0. The van der Waals surface area contributed by atoms with Crippen molar-refractivity contribution in [1.29, 1.82) is 5.26 Å². The molecule has 0 unspecified atom stereocenters. The number of pyridine rings is 3. The fourth-order valence-corrected chi connectivity index (χ4v) is 8.10. The van der Waals surface area contributed by atoms with Crippen LogP contribution < -0.4 is 10.9 Å². The zero-order valence-electron chi connectivity index (χ0n) is 30.2. The van der Waals surface area contributed by atoms with E-state index in [0.29, 0.717) is 50.2 Å². The third-order valence-electron chi connectivity index (χ3n) is 11.1. The summed E-state index contributed by atoms with van der Waals surface area (Å²) in [6.07, 6.45) is 8.30. The van der Waals surface area contributed by atoms with Gasteiger partial charge in [-0.05, 0) is 104 Å². The van der Waals surface area contributed by atoms with Crippen molar-refractivity contribution in [3.63, 3.8) is 0 Å². The van der Waals surface area contributed by atoms with Crippen molar-refractivity contribution in [2.45, 2.75) is 65.1 Å². The third-order valence-corrected chi connectivity index (χ3v) is 11.1. The molecule has 3 N–H and O–H groups in total. The topological polar surface area (TPSA) is 170 Å². The molecule has 6 aromatic rings. The van der Waals surface area contributed by atoms with E-state index in [1.807, 2.05) is 49.5 Å². The highest BCUT2D eigenvalue weighted by atomic mass is 16.4. The van der Waals surface area contributed by atoms with Crippen LogP contribution in [0.2, 0.25) is 0 Å². The number of fused-ring (bicyclic) bond motifs is 2. The molecule has 0 amide bonds. The second kappa shape index (κ2) is 14.5. The van der Waals surface area contributed by atoms with E-state index < -0.39 is 5.97 Å². The van der Waals surface area contributed by atoms with Crippen molar-refractivity contribution in [1.82, 2.24) is 24.4 Å². The first-order valence-electron chi connectivity index (χ1n) is 18.4. The second-order valence-corrected chi connectivity index (χ2v) is 14.7. The SMILES string of the molecule is Cc1c(Nc2nccc3cc(CN4CC[C@@H](O)C4)cnc23)cccc1-c1cccc(-c2nc3c(=O)n(C[C@H]4CC[C@H](C(=O)O)CC4)cc(C#N)c3o2)c1C. The second-order valence-electron chi connectivity index (χ2n) is 14.7. The van der Waals surface area contributed by atoms with Gasteiger partial charge < -0.3 is 24.5 Å². The Morgan fingerprint density at radius 3 is 2.50 bits per heavy atom. The normalized spacial score (nSPS) is 19.0. The van der Waals surface area contributed by atoms with Crippen LogP contribution in [0.25, 0.3) is 44.6 Å². The molecule has 2 aliphatic rings. The van der Waals surface area contributed by atoms with Crippen LogP contribution in [0.1, 0.15) is 54.4 Å². The van der Waals surface area contributed by atoms with E-state index in [4.69, 9.17) is 9.40 Å². The molecule has 12 nitrogen and oxygen atoms in total. The lowest BCUT2D eigenvalue weighted by Crippen LogP contribution is -2.28. The molecule has 4 aromatic heterocycles. The largest absolute Gasteiger partial charge is 0.481 e. The van der Waals surface area contributed by atoms with E-state index in [1.165, 1.54) is 10.8 Å². The number of anilines is 2. The van der Waals surface area contributed by atoms with Gasteiger partial charge in [0.2, 0.25) is 5.89 Å². The Hall–Kier alpha value is -5.90. The van der Waals surface area contributed by atoms with Crippen LogP contribution in [-0.4, -0.2) is 59.8 Å². The minimum absolute atomic E-state index is 0.105. The Bertz CT molecular complexity index is 2510. The number of nitrogens with zero attached hydrogens (tertiary/aromatic N) is 6. The molecular formula is C42H41N7O5. The molecule has 1 saturated carbocycles. The summed E-state index contributed by atoms with van der Waals surface area (Å²) in [6, 6.07) is 18.2. The number of carboxylic acid groups (broad SMARTS) is 1. The molecule has 2 fully saturated rings. The number of hydrogen-bond acceptors (Lipinski definition) is 10. The number of likely N-dealkylation sites (tertiary alicyclic amines) is 1. The number of carboxylic acids is 1. The third kappa shape index (κ3) is 6.72. The molecule has 54 heavy (non-hydrogen) atoms. The molecule has 0 bridgehead atoms. The number of aliphatic hydroxyl groups excluding tert-OH is 1. The van der Waals surface area contributed by atoms with Crippen LogP contribution in [0.4, 0.5) is 11.5 Å². The number of β-amino-alcohol motifs (C(OH)–C–C–N with tert-alkyl or cyclic N) is 1. The molecule has 1 atom stereocenters. The van der Waals surface area contributed by atoms with Crippen LogP contribution in [0.15, 0.2) is 76.3 Å². The standard InChI is InChI=1S/C42H41N7O5/c1-24-32(33-6-4-8-35(25(33)2)46-39-36-29(13-15-44-39)17-27(19-45-36)20-48-16-14-31(50)23-48)5-3-7-34(24)40-47-37-38(54-40)30(18-43)22-49(41(37)51)21-26-9-11-28(12-10-26)42(52)53/h3-8,13,15,17,19,22,26,28,31,50H,9-12,14,16,20-21,23H2,1-2H3,(H,44,46)(H,52,53)/t26-,28-,31-/m1/s1. The lowest BCUT2D eigenvalue weighted by molar-refractivity contribution is -0.143. The minimum atomic E-state index is -0.769. The molecule has 0 radical (unpaired) electrons. The maximum atomic E-state index is 13.7. The first-order chi connectivity index (χ1) is 26.2. The predicted molar refractivity (Wildman–Crippen MR) is 205 cm³/mol. The van der Waals surface area contributed by atoms with Gasteiger partial charge in [-0.3, -0.25) is 19.5 Å². The molecule has 5 heterocycles. The summed E-state index contributed by atoms with van der Waals surface area (Å²) in [6.45, 7) is 6.74. The van der Waals surface area contributed by atoms with Crippen molar-refractivity contribution in [3.05, 3.63) is 99.7 Å². The van der Waals surface area contributed by atoms with Crippen LogP contribution in [-0.2, 0) is 17.9 Å². The summed E-state index contributed by atoms with van der Waals surface area (Å²) in [7, 11) is 0. The van der Waals surface area contributed by atoms with E-state index in [9.17, 15) is 25.1 Å². The van der Waals surface area contributed by atoms with Crippen LogP contribution in [0.5, 0.6) is 0 Å². The minimum Gasteiger partial charge on any atom is -0.481 e. The molecule has 12 heteroatoms. The van der Waals surface area contributed by atoms with Gasteiger partial charge in [0.25, 0.3) is 5.56 Å². The maximum Gasteiger partial charge on any atom is 0.306 e. The zero-order chi connectivity index (χ0) is 37.5. The van der Waals surface area contributed by atoms with E-state index in [-0.39, 0.29) is 46.1 Å². The van der Waals surface area contributed by atoms with Gasteiger partial charge >= 0.3 is 5.97 Å². The first-order valence-corrected chi connectivity index (χ1v) is 18.4. The Balaban J connectivity index is 1.07. The lowest BCUT2D eigenvalue weighted by atomic mass is 9.82. The average molecular weight is 724 g/mol. The predicted octanol–water partition coefficient (Wildman–Crippen LogP) is 6.96. The van der Waals surface area contributed by atoms with Gasteiger partial charge in [-0.15, -0.1) is 0 Å². The lowest BCUT2D eigenvalue weighted by Gasteiger charge is -2.26. The Morgan fingerprint density at radius 1 is 1.00 bits per heavy atom. The maximum absolute atomic E-state index is 13.7. The number of benzene rings is 2. The Kier molecular flexibility index (Phi) is 9.43. The molecule has 8 rings (SSSR count). The summed E-state index contributed by atoms with van der Waals surface area (Å²) in [5, 5.41) is 33.8. The van der Waals surface area contributed by atoms with Gasteiger partial charge in [0.1, 0.15) is 17.1 Å². The van der Waals surface area contributed by atoms with E-state index >= 15 is 0 Å². The first kappa shape index (κ1) is 35.1. The molecule has 2 aromatic carbocycles. The fourth-order valence-electron chi connectivity index (χ4n) is 8.10. The highest BCUT2D eigenvalue weighted by Crippen LogP contribution is 2.37. The number of aliphatic carboxylic acids is 1. The number of aromatic nitrogens is 4. The van der Waals surface area contributed by atoms with Crippen LogP contribution in [0.3, 0.4) is 0 Å². The molecule has 274 valence electrons. The van der Waals surface area contributed by atoms with Crippen LogP contribution >= 0.6 is 0 Å². The quantitative estimate of drug-likeness (QED) is 0.141. The highest BCUT2D eigenvalue weighted by Gasteiger charge is 2.28. The van der Waals surface area contributed by atoms with Crippen molar-refractivity contribution in [2.75, 3.05) is 18.4 Å². The van der Waals surface area contributed by atoms with Gasteiger partial charge in [0.15, 0.2) is 16.9 Å². The molecule has 1 aliphatic carbocycles. The highest BCUT2D eigenvalue weighted by molar-refractivity contribution is 5.91. The van der Waals surface area contributed by atoms with Crippen molar-refractivity contribution < 1.29 is 19.4 Å². The van der Waals surface area contributed by atoms with Gasteiger partial charge in [-0.2, -0.15) is 5.26 Å². The monoisotopic (exact) mass is 723 g/mol. The number of hydrogen-bond donors (Lipinski definition) is 3. The van der Waals surface area contributed by atoms with Crippen LogP contribution in [0, 0.1) is 37.0 Å². The average Bonchev–Trinajstić information content (AvgIpc) is 3.80. The zero-order valence-corrected chi connectivity index (χ0v) is 30.2. The van der Waals surface area contributed by atoms with Gasteiger partial charge in [-0.25, -0.2) is 9.97 Å². The molecule has 0 spiro atoms.